The normalized spacial score (nSPS) is 10.8. The second-order valence-electron chi connectivity index (χ2n) is 6.63. The van der Waals surface area contributed by atoms with E-state index >= 15 is 0 Å². The van der Waals surface area contributed by atoms with Crippen LogP contribution < -0.4 is 10.1 Å². The van der Waals surface area contributed by atoms with E-state index in [4.69, 9.17) is 9.26 Å². The molecule has 29 heavy (non-hydrogen) atoms. The lowest BCUT2D eigenvalue weighted by Gasteiger charge is -2.08. The molecule has 2 aromatic carbocycles. The number of methoxy groups -OCH3 is 1. The first-order valence-electron chi connectivity index (χ1n) is 9.21. The van der Waals surface area contributed by atoms with Gasteiger partial charge in [-0.3, -0.25) is 9.78 Å². The summed E-state index contributed by atoms with van der Waals surface area (Å²) in [5.74, 6) is 1.43. The van der Waals surface area contributed by atoms with Crippen LogP contribution in [0.4, 0.5) is 0 Å². The molecular formula is C22H20N4O3. The van der Waals surface area contributed by atoms with E-state index in [-0.39, 0.29) is 12.5 Å². The minimum Gasteiger partial charge on any atom is -0.497 e. The summed E-state index contributed by atoms with van der Waals surface area (Å²) in [6.07, 6.45) is 0.579. The third-order valence-electron chi connectivity index (χ3n) is 4.58. The zero-order valence-corrected chi connectivity index (χ0v) is 16.2. The van der Waals surface area contributed by atoms with Crippen LogP contribution in [0, 0.1) is 6.92 Å². The molecule has 7 heteroatoms. The third kappa shape index (κ3) is 4.24. The molecule has 2 heterocycles. The number of rotatable bonds is 6. The van der Waals surface area contributed by atoms with Gasteiger partial charge in [-0.1, -0.05) is 35.5 Å². The molecule has 0 aliphatic heterocycles. The first-order chi connectivity index (χ1) is 14.1. The Morgan fingerprint density at radius 1 is 1.10 bits per heavy atom. The summed E-state index contributed by atoms with van der Waals surface area (Å²) < 4.78 is 10.5. The van der Waals surface area contributed by atoms with Crippen LogP contribution in [0.2, 0.25) is 0 Å². The van der Waals surface area contributed by atoms with Gasteiger partial charge in [0.1, 0.15) is 5.75 Å². The highest BCUT2D eigenvalue weighted by atomic mass is 16.5. The summed E-state index contributed by atoms with van der Waals surface area (Å²) in [7, 11) is 1.61. The average Bonchev–Trinajstić information content (AvgIpc) is 3.19. The number of pyridine rings is 1. The van der Waals surface area contributed by atoms with Crippen LogP contribution in [-0.4, -0.2) is 28.1 Å². The molecule has 0 fully saturated rings. The van der Waals surface area contributed by atoms with Crippen molar-refractivity contribution in [3.63, 3.8) is 0 Å². The Labute approximate surface area is 167 Å². The molecule has 7 nitrogen and oxygen atoms in total. The van der Waals surface area contributed by atoms with Gasteiger partial charge in [0.25, 0.3) is 5.91 Å². The van der Waals surface area contributed by atoms with E-state index in [0.717, 1.165) is 22.2 Å². The van der Waals surface area contributed by atoms with Gasteiger partial charge in [-0.15, -0.1) is 0 Å². The first kappa shape index (κ1) is 18.6. The van der Waals surface area contributed by atoms with E-state index in [0.29, 0.717) is 29.4 Å². The smallest absolute Gasteiger partial charge is 0.253 e. The van der Waals surface area contributed by atoms with Crippen molar-refractivity contribution in [3.05, 3.63) is 83.1 Å². The largest absolute Gasteiger partial charge is 0.497 e. The van der Waals surface area contributed by atoms with Gasteiger partial charge in [0, 0.05) is 17.9 Å². The third-order valence-corrected chi connectivity index (χ3v) is 4.58. The van der Waals surface area contributed by atoms with Crippen molar-refractivity contribution in [2.24, 2.45) is 0 Å². The number of benzene rings is 2. The lowest BCUT2D eigenvalue weighted by Crippen LogP contribution is -2.24. The van der Waals surface area contributed by atoms with Gasteiger partial charge in [0.05, 0.1) is 30.4 Å². The Hall–Kier alpha value is -3.74. The molecule has 0 unspecified atom stereocenters. The maximum Gasteiger partial charge on any atom is 0.253 e. The quantitative estimate of drug-likeness (QED) is 0.544. The highest BCUT2D eigenvalue weighted by molar-refractivity contribution is 5.98. The lowest BCUT2D eigenvalue weighted by molar-refractivity contribution is 0.0945. The number of carbonyl (C=O) groups excluding carboxylic acids is 1. The average molecular weight is 388 g/mol. The van der Waals surface area contributed by atoms with Crippen molar-refractivity contribution in [1.29, 1.82) is 0 Å². The van der Waals surface area contributed by atoms with E-state index < -0.39 is 0 Å². The zero-order chi connectivity index (χ0) is 20.2. The summed E-state index contributed by atoms with van der Waals surface area (Å²) in [6.45, 7) is 1.96. The highest BCUT2D eigenvalue weighted by Crippen LogP contribution is 2.21. The van der Waals surface area contributed by atoms with Crippen LogP contribution in [0.5, 0.6) is 5.75 Å². The second-order valence-corrected chi connectivity index (χ2v) is 6.63. The van der Waals surface area contributed by atoms with E-state index in [9.17, 15) is 4.79 Å². The van der Waals surface area contributed by atoms with Crippen molar-refractivity contribution in [2.75, 3.05) is 7.11 Å². The van der Waals surface area contributed by atoms with E-state index in [1.165, 1.54) is 0 Å². The number of carbonyl (C=O) groups is 1. The Bertz CT molecular complexity index is 1160. The molecule has 4 rings (SSSR count). The summed E-state index contributed by atoms with van der Waals surface area (Å²) in [5.41, 5.74) is 3.02. The second kappa shape index (κ2) is 8.10. The highest BCUT2D eigenvalue weighted by Gasteiger charge is 2.14. The summed E-state index contributed by atoms with van der Waals surface area (Å²) in [5, 5.41) is 7.66. The monoisotopic (exact) mass is 388 g/mol. The molecule has 0 radical (unpaired) electrons. The number of hydrogen-bond donors (Lipinski definition) is 1. The molecule has 0 saturated heterocycles. The van der Waals surface area contributed by atoms with Crippen LogP contribution in [0.1, 0.15) is 33.3 Å². The molecule has 0 aliphatic rings. The summed E-state index contributed by atoms with van der Waals surface area (Å²) >= 11 is 0. The minimum atomic E-state index is -0.240. The Kier molecular flexibility index (Phi) is 5.20. The fourth-order valence-electron chi connectivity index (χ4n) is 3.06. The molecule has 2 aromatic heterocycles. The van der Waals surface area contributed by atoms with Crippen LogP contribution in [0.15, 0.2) is 59.1 Å². The SMILES string of the molecule is COc1ccc2cc(C(=O)NCc3nc(Cc4ccccc4)no3)c(C)nc2c1. The van der Waals surface area contributed by atoms with Crippen LogP contribution in [-0.2, 0) is 13.0 Å². The molecule has 0 aliphatic carbocycles. The molecular weight excluding hydrogens is 368 g/mol. The number of ether oxygens (including phenoxy) is 1. The molecule has 0 atom stereocenters. The van der Waals surface area contributed by atoms with E-state index in [1.807, 2.05) is 54.6 Å². The number of aryl methyl sites for hydroxylation is 1. The molecule has 0 saturated carbocycles. The van der Waals surface area contributed by atoms with Gasteiger partial charge in [-0.25, -0.2) is 0 Å². The van der Waals surface area contributed by atoms with Gasteiger partial charge in [-0.2, -0.15) is 4.98 Å². The fourth-order valence-corrected chi connectivity index (χ4v) is 3.06. The van der Waals surface area contributed by atoms with Gasteiger partial charge in [-0.05, 0) is 30.7 Å². The number of hydrogen-bond acceptors (Lipinski definition) is 6. The van der Waals surface area contributed by atoms with Crippen molar-refractivity contribution in [3.8, 4) is 5.75 Å². The predicted octanol–water partition coefficient (Wildman–Crippen LogP) is 3.46. The van der Waals surface area contributed by atoms with Crippen molar-refractivity contribution in [1.82, 2.24) is 20.4 Å². The van der Waals surface area contributed by atoms with Crippen LogP contribution in [0.25, 0.3) is 10.9 Å². The van der Waals surface area contributed by atoms with Gasteiger partial charge in [0.15, 0.2) is 5.82 Å². The molecule has 1 amide bonds. The zero-order valence-electron chi connectivity index (χ0n) is 16.2. The standard InChI is InChI=1S/C22H20N4O3/c1-14-18(11-16-8-9-17(28-2)12-19(16)24-14)22(27)23-13-21-25-20(26-29-21)10-15-6-4-3-5-7-15/h3-9,11-12H,10,13H2,1-2H3,(H,23,27). The number of nitrogens with one attached hydrogen (secondary N) is 1. The topological polar surface area (TPSA) is 90.1 Å². The minimum absolute atomic E-state index is 0.153. The number of amides is 1. The van der Waals surface area contributed by atoms with Gasteiger partial charge >= 0.3 is 0 Å². The Balaban J connectivity index is 1.44. The van der Waals surface area contributed by atoms with Crippen molar-refractivity contribution in [2.45, 2.75) is 19.9 Å². The number of fused-ring (bicyclic) bond motifs is 1. The molecule has 0 bridgehead atoms. The van der Waals surface area contributed by atoms with Crippen LogP contribution >= 0.6 is 0 Å². The summed E-state index contributed by atoms with van der Waals surface area (Å²) in [6, 6.07) is 17.3. The van der Waals surface area contributed by atoms with Crippen LogP contribution in [0.3, 0.4) is 0 Å². The van der Waals surface area contributed by atoms with Crippen molar-refractivity contribution < 1.29 is 14.1 Å². The number of aromatic nitrogens is 3. The van der Waals surface area contributed by atoms with Gasteiger partial charge in [0.2, 0.25) is 5.89 Å². The fraction of sp³-hybridized carbons (Fsp3) is 0.182. The van der Waals surface area contributed by atoms with E-state index in [1.54, 1.807) is 14.0 Å². The maximum absolute atomic E-state index is 12.6. The molecule has 0 spiro atoms. The maximum atomic E-state index is 12.6. The van der Waals surface area contributed by atoms with E-state index in [2.05, 4.69) is 20.4 Å². The lowest BCUT2D eigenvalue weighted by atomic mass is 10.1. The first-order valence-corrected chi connectivity index (χ1v) is 9.21. The molecule has 1 N–H and O–H groups in total. The number of nitrogens with zero attached hydrogens (tertiary/aromatic N) is 3. The summed E-state index contributed by atoms with van der Waals surface area (Å²) in [4.78, 5) is 21.5. The van der Waals surface area contributed by atoms with Crippen molar-refractivity contribution >= 4 is 16.8 Å². The molecule has 146 valence electrons. The molecule has 4 aromatic rings. The van der Waals surface area contributed by atoms with Gasteiger partial charge < -0.3 is 14.6 Å². The predicted molar refractivity (Wildman–Crippen MR) is 108 cm³/mol. The Morgan fingerprint density at radius 2 is 1.93 bits per heavy atom. The Morgan fingerprint density at radius 3 is 2.72 bits per heavy atom.